The SMILES string of the molecule is Cc1cnc(-c2ccncc2)n1CC1CCN(C(=O)c2cccs2)C1. The summed E-state index contributed by atoms with van der Waals surface area (Å²) in [7, 11) is 0. The number of carbonyl (C=O) groups excluding carboxylic acids is 1. The van der Waals surface area contributed by atoms with E-state index < -0.39 is 0 Å². The van der Waals surface area contributed by atoms with E-state index in [4.69, 9.17) is 0 Å². The number of hydrogen-bond donors (Lipinski definition) is 0. The standard InChI is InChI=1S/C19H20N4OS/c1-14-11-21-18(16-4-7-20-8-5-16)23(14)13-15-6-9-22(12-15)19(24)17-3-2-10-25-17/h2-5,7-8,10-11,15H,6,9,12-13H2,1H3. The normalized spacial score (nSPS) is 17.2. The predicted octanol–water partition coefficient (Wildman–Crippen LogP) is 3.48. The lowest BCUT2D eigenvalue weighted by Crippen LogP contribution is -2.28. The van der Waals surface area contributed by atoms with Gasteiger partial charge in [0.05, 0.1) is 4.88 Å². The fraction of sp³-hybridized carbons (Fsp3) is 0.316. The maximum atomic E-state index is 12.5. The van der Waals surface area contributed by atoms with Crippen molar-refractivity contribution in [3.05, 3.63) is 58.8 Å². The molecule has 1 aliphatic heterocycles. The molecule has 0 bridgehead atoms. The van der Waals surface area contributed by atoms with Gasteiger partial charge in [0.2, 0.25) is 0 Å². The number of carbonyl (C=O) groups is 1. The van der Waals surface area contributed by atoms with Gasteiger partial charge in [0.15, 0.2) is 0 Å². The van der Waals surface area contributed by atoms with Crippen molar-refractivity contribution in [1.82, 2.24) is 19.4 Å². The Morgan fingerprint density at radius 2 is 2.16 bits per heavy atom. The number of hydrogen-bond acceptors (Lipinski definition) is 4. The van der Waals surface area contributed by atoms with Gasteiger partial charge in [-0.05, 0) is 42.8 Å². The second-order valence-corrected chi connectivity index (χ2v) is 7.40. The summed E-state index contributed by atoms with van der Waals surface area (Å²) in [6.45, 7) is 4.61. The second-order valence-electron chi connectivity index (χ2n) is 6.45. The van der Waals surface area contributed by atoms with Crippen LogP contribution in [0.2, 0.25) is 0 Å². The first kappa shape index (κ1) is 16.0. The van der Waals surface area contributed by atoms with Crippen LogP contribution in [0.25, 0.3) is 11.4 Å². The van der Waals surface area contributed by atoms with Gasteiger partial charge in [-0.25, -0.2) is 4.98 Å². The van der Waals surface area contributed by atoms with E-state index in [0.29, 0.717) is 5.92 Å². The van der Waals surface area contributed by atoms with Gasteiger partial charge < -0.3 is 9.47 Å². The van der Waals surface area contributed by atoms with Crippen molar-refractivity contribution in [3.8, 4) is 11.4 Å². The number of nitrogens with zero attached hydrogens (tertiary/aromatic N) is 4. The van der Waals surface area contributed by atoms with Gasteiger partial charge in [0, 0.05) is 49.5 Å². The number of aromatic nitrogens is 3. The monoisotopic (exact) mass is 352 g/mol. The molecule has 1 unspecified atom stereocenters. The fourth-order valence-corrected chi connectivity index (χ4v) is 4.09. The van der Waals surface area contributed by atoms with E-state index in [-0.39, 0.29) is 5.91 Å². The quantitative estimate of drug-likeness (QED) is 0.722. The van der Waals surface area contributed by atoms with Gasteiger partial charge in [-0.15, -0.1) is 11.3 Å². The lowest BCUT2D eigenvalue weighted by molar-refractivity contribution is 0.0791. The molecule has 0 aromatic carbocycles. The highest BCUT2D eigenvalue weighted by Gasteiger charge is 2.28. The van der Waals surface area contributed by atoms with Crippen LogP contribution < -0.4 is 0 Å². The maximum Gasteiger partial charge on any atom is 0.263 e. The second kappa shape index (κ2) is 6.80. The molecule has 6 heteroatoms. The van der Waals surface area contributed by atoms with E-state index in [1.165, 1.54) is 11.3 Å². The number of pyridine rings is 1. The number of rotatable bonds is 4. The Hall–Kier alpha value is -2.47. The van der Waals surface area contributed by atoms with Crippen LogP contribution in [-0.2, 0) is 6.54 Å². The summed E-state index contributed by atoms with van der Waals surface area (Å²) in [5.41, 5.74) is 2.22. The molecule has 3 aromatic rings. The molecule has 4 heterocycles. The summed E-state index contributed by atoms with van der Waals surface area (Å²) in [4.78, 5) is 24.0. The summed E-state index contributed by atoms with van der Waals surface area (Å²) in [6.07, 6.45) is 6.53. The van der Waals surface area contributed by atoms with E-state index in [1.807, 2.05) is 40.7 Å². The Bertz CT molecular complexity index is 857. The number of likely N-dealkylation sites (tertiary alicyclic amines) is 1. The molecule has 1 atom stereocenters. The van der Waals surface area contributed by atoms with Crippen LogP contribution in [0.1, 0.15) is 21.8 Å². The van der Waals surface area contributed by atoms with Crippen LogP contribution in [0, 0.1) is 12.8 Å². The molecule has 25 heavy (non-hydrogen) atoms. The van der Waals surface area contributed by atoms with Gasteiger partial charge in [-0.2, -0.15) is 0 Å². The molecule has 1 saturated heterocycles. The van der Waals surface area contributed by atoms with Crippen molar-refractivity contribution in [2.24, 2.45) is 5.92 Å². The molecular formula is C19H20N4OS. The molecule has 0 spiro atoms. The minimum Gasteiger partial charge on any atom is -0.338 e. The molecule has 3 aromatic heterocycles. The van der Waals surface area contributed by atoms with Crippen molar-refractivity contribution >= 4 is 17.2 Å². The summed E-state index contributed by atoms with van der Waals surface area (Å²) in [5, 5.41) is 1.95. The van der Waals surface area contributed by atoms with Gasteiger partial charge in [0.25, 0.3) is 5.91 Å². The molecule has 0 aliphatic carbocycles. The fourth-order valence-electron chi connectivity index (χ4n) is 3.40. The summed E-state index contributed by atoms with van der Waals surface area (Å²) in [5.74, 6) is 1.59. The van der Waals surface area contributed by atoms with Crippen LogP contribution in [0.15, 0.2) is 48.2 Å². The van der Waals surface area contributed by atoms with Crippen LogP contribution >= 0.6 is 11.3 Å². The zero-order valence-corrected chi connectivity index (χ0v) is 14.9. The summed E-state index contributed by atoms with van der Waals surface area (Å²) >= 11 is 1.51. The molecule has 1 fully saturated rings. The molecule has 128 valence electrons. The van der Waals surface area contributed by atoms with E-state index in [9.17, 15) is 4.79 Å². The van der Waals surface area contributed by atoms with E-state index in [0.717, 1.165) is 48.0 Å². The Labute approximate surface area is 151 Å². The Balaban J connectivity index is 1.49. The van der Waals surface area contributed by atoms with Gasteiger partial charge in [0.1, 0.15) is 5.82 Å². The molecule has 5 nitrogen and oxygen atoms in total. The number of imidazole rings is 1. The largest absolute Gasteiger partial charge is 0.338 e. The van der Waals surface area contributed by atoms with Crippen molar-refractivity contribution < 1.29 is 4.79 Å². The number of amides is 1. The van der Waals surface area contributed by atoms with E-state index in [1.54, 1.807) is 12.4 Å². The van der Waals surface area contributed by atoms with Crippen molar-refractivity contribution in [1.29, 1.82) is 0 Å². The van der Waals surface area contributed by atoms with Crippen LogP contribution in [-0.4, -0.2) is 38.4 Å². The topological polar surface area (TPSA) is 51.0 Å². The molecule has 0 saturated carbocycles. The first-order valence-corrected chi connectivity index (χ1v) is 9.35. The van der Waals surface area contributed by atoms with Gasteiger partial charge >= 0.3 is 0 Å². The minimum atomic E-state index is 0.161. The highest BCUT2D eigenvalue weighted by molar-refractivity contribution is 7.12. The molecule has 0 N–H and O–H groups in total. The lowest BCUT2D eigenvalue weighted by Gasteiger charge is -2.17. The Morgan fingerprint density at radius 1 is 1.32 bits per heavy atom. The summed E-state index contributed by atoms with van der Waals surface area (Å²) < 4.78 is 2.26. The first-order valence-electron chi connectivity index (χ1n) is 8.47. The predicted molar refractivity (Wildman–Crippen MR) is 98.5 cm³/mol. The molecular weight excluding hydrogens is 332 g/mol. The zero-order chi connectivity index (χ0) is 17.2. The van der Waals surface area contributed by atoms with Crippen LogP contribution in [0.5, 0.6) is 0 Å². The van der Waals surface area contributed by atoms with Crippen molar-refractivity contribution in [3.63, 3.8) is 0 Å². The molecule has 0 radical (unpaired) electrons. The smallest absolute Gasteiger partial charge is 0.263 e. The zero-order valence-electron chi connectivity index (χ0n) is 14.1. The van der Waals surface area contributed by atoms with E-state index >= 15 is 0 Å². The van der Waals surface area contributed by atoms with E-state index in [2.05, 4.69) is 21.5 Å². The average Bonchev–Trinajstić information content (AvgIpc) is 3.38. The third kappa shape index (κ3) is 3.22. The van der Waals surface area contributed by atoms with Crippen LogP contribution in [0.3, 0.4) is 0 Å². The highest BCUT2D eigenvalue weighted by Crippen LogP contribution is 2.25. The molecule has 1 aliphatic rings. The Morgan fingerprint density at radius 3 is 2.92 bits per heavy atom. The third-order valence-corrected chi connectivity index (χ3v) is 5.60. The molecule has 1 amide bonds. The van der Waals surface area contributed by atoms with Crippen molar-refractivity contribution in [2.75, 3.05) is 13.1 Å². The highest BCUT2D eigenvalue weighted by atomic mass is 32.1. The first-order chi connectivity index (χ1) is 12.2. The average molecular weight is 352 g/mol. The number of aryl methyl sites for hydroxylation is 1. The lowest BCUT2D eigenvalue weighted by atomic mass is 10.1. The maximum absolute atomic E-state index is 12.5. The van der Waals surface area contributed by atoms with Crippen molar-refractivity contribution in [2.45, 2.75) is 19.9 Å². The van der Waals surface area contributed by atoms with Gasteiger partial charge in [-0.1, -0.05) is 6.07 Å². The van der Waals surface area contributed by atoms with Crippen LogP contribution in [0.4, 0.5) is 0 Å². The molecule has 4 rings (SSSR count). The van der Waals surface area contributed by atoms with Gasteiger partial charge in [-0.3, -0.25) is 9.78 Å². The number of thiophene rings is 1. The Kier molecular flexibility index (Phi) is 4.36. The third-order valence-electron chi connectivity index (χ3n) is 4.74. The summed E-state index contributed by atoms with van der Waals surface area (Å²) in [6, 6.07) is 7.81. The minimum absolute atomic E-state index is 0.161.